The van der Waals surface area contributed by atoms with Gasteiger partial charge in [-0.2, -0.15) is 0 Å². The molecular weight excluding hydrogens is 608 g/mol. The minimum Gasteiger partial charge on any atom is -0.491 e. The summed E-state index contributed by atoms with van der Waals surface area (Å²) in [6.07, 6.45) is 7.68. The zero-order valence-electron chi connectivity index (χ0n) is 29.8. The summed E-state index contributed by atoms with van der Waals surface area (Å²) in [7, 11) is 3.52. The average Bonchev–Trinajstić information content (AvgIpc) is 3.07. The lowest BCUT2D eigenvalue weighted by atomic mass is 10.2. The molecule has 0 spiro atoms. The maximum Gasteiger partial charge on any atom is 0.227 e. The molecule has 47 heavy (non-hydrogen) atoms. The number of methoxy groups -OCH3 is 1. The minimum absolute atomic E-state index is 0.0307. The highest BCUT2D eigenvalue weighted by Gasteiger charge is 2.09. The van der Waals surface area contributed by atoms with Crippen molar-refractivity contribution >= 4 is 0 Å². The van der Waals surface area contributed by atoms with Crippen LogP contribution in [0.4, 0.5) is 0 Å². The number of aromatic nitrogens is 2. The average molecular weight is 658 g/mol. The Morgan fingerprint density at radius 3 is 1.66 bits per heavy atom. The number of ether oxygens (including phenoxy) is 4. The van der Waals surface area contributed by atoms with Crippen LogP contribution in [0.25, 0.3) is 0 Å². The second-order valence-electron chi connectivity index (χ2n) is 9.63. The third-order valence-corrected chi connectivity index (χ3v) is 6.47. The number of rotatable bonds is 9. The van der Waals surface area contributed by atoms with Crippen LogP contribution >= 0.6 is 0 Å². The SMILES string of the molecule is CCOc1c(C)occc1=O.CCOc1c(CC)n(C)ccc1=O.CCOc1c(CC)occc1=O.[2H]COc1c(C)n(C)ccc1=O. The topological polar surface area (TPSA) is 141 Å². The van der Waals surface area contributed by atoms with E-state index in [0.717, 1.165) is 17.8 Å². The van der Waals surface area contributed by atoms with Crippen LogP contribution in [-0.2, 0) is 26.9 Å². The van der Waals surface area contributed by atoms with Gasteiger partial charge in [-0.3, -0.25) is 19.2 Å². The summed E-state index contributed by atoms with van der Waals surface area (Å²) < 4.78 is 41.0. The quantitative estimate of drug-likeness (QED) is 0.242. The molecule has 12 nitrogen and oxygen atoms in total. The molecule has 0 fully saturated rings. The lowest BCUT2D eigenvalue weighted by Crippen LogP contribution is -2.14. The summed E-state index contributed by atoms with van der Waals surface area (Å²) in [6.45, 7) is 14.5. The first-order valence-corrected chi connectivity index (χ1v) is 15.3. The molecule has 0 N–H and O–H groups in total. The normalized spacial score (nSPS) is 10.1. The van der Waals surface area contributed by atoms with E-state index < -0.39 is 0 Å². The van der Waals surface area contributed by atoms with Gasteiger partial charge in [0.15, 0.2) is 11.5 Å². The van der Waals surface area contributed by atoms with Gasteiger partial charge in [-0.15, -0.1) is 0 Å². The molecule has 4 aromatic heterocycles. The van der Waals surface area contributed by atoms with Gasteiger partial charge in [0.1, 0.15) is 11.5 Å². The van der Waals surface area contributed by atoms with Crippen molar-refractivity contribution in [1.29, 1.82) is 0 Å². The van der Waals surface area contributed by atoms with E-state index in [0.29, 0.717) is 55.0 Å². The predicted molar refractivity (Wildman–Crippen MR) is 182 cm³/mol. The largest absolute Gasteiger partial charge is 0.491 e. The zero-order chi connectivity index (χ0) is 36.2. The van der Waals surface area contributed by atoms with E-state index in [1.807, 2.05) is 53.3 Å². The summed E-state index contributed by atoms with van der Waals surface area (Å²) in [5.74, 6) is 2.58. The number of hydrogen-bond donors (Lipinski definition) is 0. The Balaban J connectivity index is 0.000000320. The number of pyridine rings is 2. The summed E-state index contributed by atoms with van der Waals surface area (Å²) in [6, 6.07) is 5.67. The molecule has 0 bridgehead atoms. The lowest BCUT2D eigenvalue weighted by Gasteiger charge is -2.11. The van der Waals surface area contributed by atoms with Crippen molar-refractivity contribution in [1.82, 2.24) is 9.13 Å². The number of hydrogen-bond acceptors (Lipinski definition) is 10. The van der Waals surface area contributed by atoms with E-state index in [-0.39, 0.29) is 34.6 Å². The fourth-order valence-corrected chi connectivity index (χ4v) is 4.04. The van der Waals surface area contributed by atoms with Crippen molar-refractivity contribution in [2.45, 2.75) is 61.3 Å². The Morgan fingerprint density at radius 2 is 1.13 bits per heavy atom. The van der Waals surface area contributed by atoms with E-state index in [9.17, 15) is 19.2 Å². The minimum atomic E-state index is -0.222. The standard InChI is InChI=1S/C10H15NO2.C9H12O3.C8H11NO2.C8H10O3/c1-4-8-10(13-5-2)9(12)6-7-11(8)3;1-3-8-9(11-4-2)7(10)5-6-12-8;1-6-8(11-3)7(10)4-5-9(6)2;1-3-10-8-6(2)11-5-4-7(8)9/h6-7H,4-5H2,1-3H3;5-6H,3-4H2,1-2H3;4-5H,1-3H3;4-5H,3H2,1-2H3/i;;3D;. The Morgan fingerprint density at radius 1 is 0.638 bits per heavy atom. The van der Waals surface area contributed by atoms with Crippen molar-refractivity contribution in [2.24, 2.45) is 14.1 Å². The van der Waals surface area contributed by atoms with Crippen molar-refractivity contribution in [3.8, 4) is 23.0 Å². The molecule has 258 valence electrons. The first-order chi connectivity index (χ1) is 22.9. The second-order valence-corrected chi connectivity index (χ2v) is 9.63. The molecule has 0 unspecified atom stereocenters. The molecule has 0 aromatic carbocycles. The first-order valence-electron chi connectivity index (χ1n) is 16.0. The van der Waals surface area contributed by atoms with E-state index in [1.165, 1.54) is 36.8 Å². The Bertz CT molecular complexity index is 1790. The maximum absolute atomic E-state index is 11.4. The van der Waals surface area contributed by atoms with Gasteiger partial charge in [0.2, 0.25) is 33.2 Å². The van der Waals surface area contributed by atoms with Crippen LogP contribution in [0, 0.1) is 13.8 Å². The van der Waals surface area contributed by atoms with Crippen LogP contribution in [-0.4, -0.2) is 36.0 Å². The smallest absolute Gasteiger partial charge is 0.227 e. The molecule has 4 heterocycles. The molecule has 4 aromatic rings. The fourth-order valence-electron chi connectivity index (χ4n) is 4.04. The lowest BCUT2D eigenvalue weighted by molar-refractivity contribution is 0.313. The van der Waals surface area contributed by atoms with Gasteiger partial charge < -0.3 is 36.9 Å². The van der Waals surface area contributed by atoms with Gasteiger partial charge >= 0.3 is 0 Å². The molecule has 0 radical (unpaired) electrons. The van der Waals surface area contributed by atoms with Crippen LogP contribution < -0.4 is 40.7 Å². The van der Waals surface area contributed by atoms with Crippen molar-refractivity contribution in [3.63, 3.8) is 0 Å². The Labute approximate surface area is 276 Å². The monoisotopic (exact) mass is 657 g/mol. The highest BCUT2D eigenvalue weighted by molar-refractivity contribution is 5.28. The van der Waals surface area contributed by atoms with Crippen LogP contribution in [0.5, 0.6) is 23.0 Å². The molecule has 12 heteroatoms. The molecule has 0 saturated carbocycles. The van der Waals surface area contributed by atoms with Crippen molar-refractivity contribution in [2.75, 3.05) is 26.9 Å². The van der Waals surface area contributed by atoms with Gasteiger partial charge in [-0.25, -0.2) is 0 Å². The summed E-state index contributed by atoms with van der Waals surface area (Å²) in [5.41, 5.74) is 1.26. The van der Waals surface area contributed by atoms with Crippen LogP contribution in [0.1, 0.15) is 58.9 Å². The molecule has 0 aliphatic rings. The molecular formula is C35H48N2O10. The van der Waals surface area contributed by atoms with Crippen molar-refractivity contribution < 1.29 is 29.2 Å². The fraction of sp³-hybridized carbons (Fsp3) is 0.429. The van der Waals surface area contributed by atoms with E-state index in [4.69, 9.17) is 29.2 Å². The highest BCUT2D eigenvalue weighted by Crippen LogP contribution is 2.14. The van der Waals surface area contributed by atoms with Crippen molar-refractivity contribution in [3.05, 3.63) is 113 Å². The molecule has 0 atom stereocenters. The number of aryl methyl sites for hydroxylation is 4. The van der Waals surface area contributed by atoms with Gasteiger partial charge in [0.25, 0.3) is 0 Å². The number of nitrogens with zero attached hydrogens (tertiary/aromatic N) is 2. The van der Waals surface area contributed by atoms with E-state index in [2.05, 4.69) is 0 Å². The predicted octanol–water partition coefficient (Wildman–Crippen LogP) is 5.00. The third-order valence-electron chi connectivity index (χ3n) is 6.47. The molecule has 0 aliphatic heterocycles. The Kier molecular flexibility index (Phi) is 17.0. The van der Waals surface area contributed by atoms with Crippen LogP contribution in [0.3, 0.4) is 0 Å². The molecule has 0 saturated heterocycles. The summed E-state index contributed by atoms with van der Waals surface area (Å²) in [4.78, 5) is 44.8. The zero-order valence-corrected chi connectivity index (χ0v) is 28.8. The Hall–Kier alpha value is -5.00. The molecule has 0 aliphatic carbocycles. The van der Waals surface area contributed by atoms with Gasteiger partial charge in [-0.05, 0) is 41.0 Å². The summed E-state index contributed by atoms with van der Waals surface area (Å²) in [5, 5.41) is 0. The molecule has 0 amide bonds. The van der Waals surface area contributed by atoms with Gasteiger partial charge in [-0.1, -0.05) is 13.8 Å². The third kappa shape index (κ3) is 12.0. The van der Waals surface area contributed by atoms with Crippen LogP contribution in [0.2, 0.25) is 0 Å². The summed E-state index contributed by atoms with van der Waals surface area (Å²) >= 11 is 0. The second kappa shape index (κ2) is 20.9. The maximum atomic E-state index is 11.4. The van der Waals surface area contributed by atoms with Gasteiger partial charge in [0, 0.05) is 57.2 Å². The van der Waals surface area contributed by atoms with Gasteiger partial charge in [0.05, 0.1) is 52.2 Å². The van der Waals surface area contributed by atoms with Crippen LogP contribution in [0.15, 0.2) is 77.2 Å². The highest BCUT2D eigenvalue weighted by atomic mass is 16.5. The van der Waals surface area contributed by atoms with E-state index in [1.54, 1.807) is 30.8 Å². The first kappa shape index (κ1) is 38.2. The van der Waals surface area contributed by atoms with E-state index >= 15 is 0 Å². The molecule has 4 rings (SSSR count).